The highest BCUT2D eigenvalue weighted by atomic mass is 16.5. The van der Waals surface area contributed by atoms with Crippen LogP contribution in [0.1, 0.15) is 69.8 Å². The molecule has 1 aromatic rings. The highest BCUT2D eigenvalue weighted by Crippen LogP contribution is 2.40. The van der Waals surface area contributed by atoms with E-state index in [0.717, 1.165) is 11.1 Å². The van der Waals surface area contributed by atoms with Crippen LogP contribution in [0.4, 0.5) is 0 Å². The highest BCUT2D eigenvalue weighted by Gasteiger charge is 2.26. The Kier molecular flexibility index (Phi) is 9.05. The Bertz CT molecular complexity index is 931. The third kappa shape index (κ3) is 7.71. The van der Waals surface area contributed by atoms with E-state index in [1.54, 1.807) is 18.2 Å². The van der Waals surface area contributed by atoms with Crippen LogP contribution in [0.15, 0.2) is 89.6 Å². The van der Waals surface area contributed by atoms with E-state index in [9.17, 15) is 4.79 Å². The van der Waals surface area contributed by atoms with E-state index in [0.29, 0.717) is 5.56 Å². The van der Waals surface area contributed by atoms with Gasteiger partial charge in [-0.25, -0.2) is 4.79 Å². The molecule has 0 heterocycles. The lowest BCUT2D eigenvalue weighted by Gasteiger charge is -2.32. The summed E-state index contributed by atoms with van der Waals surface area (Å²) in [6.45, 7) is 15.0. The molecule has 1 aliphatic rings. The predicted molar refractivity (Wildman–Crippen MR) is 133 cm³/mol. The number of hydrogen-bond acceptors (Lipinski definition) is 2. The maximum Gasteiger partial charge on any atom is 0.338 e. The summed E-state index contributed by atoms with van der Waals surface area (Å²) >= 11 is 0. The van der Waals surface area contributed by atoms with Crippen molar-refractivity contribution in [3.8, 4) is 0 Å². The molecule has 0 saturated heterocycles. The molecule has 0 N–H and O–H groups in total. The second-order valence-corrected chi connectivity index (χ2v) is 8.91. The lowest BCUT2D eigenvalue weighted by molar-refractivity contribution is 0.0549. The van der Waals surface area contributed by atoms with E-state index in [1.165, 1.54) is 36.0 Å². The van der Waals surface area contributed by atoms with Crippen molar-refractivity contribution in [2.45, 2.75) is 53.9 Å². The molecular formula is C29H36O2. The average Bonchev–Trinajstić information content (AvgIpc) is 2.73. The minimum absolute atomic E-state index is 0.253. The molecule has 2 rings (SSSR count). The van der Waals surface area contributed by atoms with Gasteiger partial charge in [-0.2, -0.15) is 0 Å². The third-order valence-corrected chi connectivity index (χ3v) is 5.78. The molecule has 1 aliphatic carbocycles. The monoisotopic (exact) mass is 416 g/mol. The second kappa shape index (κ2) is 11.5. The van der Waals surface area contributed by atoms with Gasteiger partial charge >= 0.3 is 5.97 Å². The van der Waals surface area contributed by atoms with Gasteiger partial charge in [-0.15, -0.1) is 0 Å². The summed E-state index contributed by atoms with van der Waals surface area (Å²) in [5.74, 6) is -0.320. The molecule has 0 aliphatic heterocycles. The molecule has 0 saturated carbocycles. The fourth-order valence-electron chi connectivity index (χ4n) is 3.79. The zero-order valence-corrected chi connectivity index (χ0v) is 19.7. The number of carbonyl (C=O) groups excluding carboxylic acids is 1. The van der Waals surface area contributed by atoms with Crippen molar-refractivity contribution in [1.82, 2.24) is 0 Å². The maximum atomic E-state index is 12.1. The molecule has 0 aromatic heterocycles. The first-order chi connectivity index (χ1) is 14.7. The van der Waals surface area contributed by atoms with Crippen LogP contribution in [0.2, 0.25) is 0 Å². The molecule has 0 spiro atoms. The first-order valence-electron chi connectivity index (χ1n) is 11.0. The second-order valence-electron chi connectivity index (χ2n) is 8.91. The zero-order valence-electron chi connectivity index (χ0n) is 19.7. The molecule has 0 bridgehead atoms. The van der Waals surface area contributed by atoms with Gasteiger partial charge in [-0.3, -0.25) is 0 Å². The van der Waals surface area contributed by atoms with Crippen LogP contribution in [-0.2, 0) is 4.74 Å². The first kappa shape index (κ1) is 24.4. The van der Waals surface area contributed by atoms with Crippen molar-refractivity contribution in [2.24, 2.45) is 5.41 Å². The fraction of sp³-hybridized carbons (Fsp3) is 0.345. The van der Waals surface area contributed by atoms with Crippen LogP contribution < -0.4 is 0 Å². The van der Waals surface area contributed by atoms with Crippen LogP contribution in [0.25, 0.3) is 6.08 Å². The standard InChI is InChI=1S/C29H36O2/c1-7-25-14-16-26(17-15-25)28(30)31-21-19-23(3)11-8-10-22(2)13-18-27-24(4)12-9-20-29(27,5)6/h7-8,10-11,13-19H,1,9,12,20-21H2,2-6H3. The van der Waals surface area contributed by atoms with E-state index in [1.807, 2.05) is 37.3 Å². The minimum atomic E-state index is -0.320. The largest absolute Gasteiger partial charge is 0.458 e. The Labute approximate surface area is 188 Å². The molecule has 1 aromatic carbocycles. The van der Waals surface area contributed by atoms with Gasteiger partial charge in [0.15, 0.2) is 0 Å². The summed E-state index contributed by atoms with van der Waals surface area (Å²) in [7, 11) is 0. The van der Waals surface area contributed by atoms with Gasteiger partial charge in [0, 0.05) is 0 Å². The molecule has 0 atom stereocenters. The van der Waals surface area contributed by atoms with Gasteiger partial charge in [-0.05, 0) is 74.8 Å². The molecule has 0 radical (unpaired) electrons. The van der Waals surface area contributed by atoms with Gasteiger partial charge in [-0.1, -0.05) is 85.7 Å². The van der Waals surface area contributed by atoms with Gasteiger partial charge < -0.3 is 4.74 Å². The maximum absolute atomic E-state index is 12.1. The molecular weight excluding hydrogens is 380 g/mol. The number of benzene rings is 1. The fourth-order valence-corrected chi connectivity index (χ4v) is 3.79. The predicted octanol–water partition coefficient (Wildman–Crippen LogP) is 8.02. The molecule has 0 unspecified atom stereocenters. The minimum Gasteiger partial charge on any atom is -0.458 e. The van der Waals surface area contributed by atoms with Crippen molar-refractivity contribution >= 4 is 12.0 Å². The summed E-state index contributed by atoms with van der Waals surface area (Å²) < 4.78 is 5.33. The van der Waals surface area contributed by atoms with Crippen molar-refractivity contribution in [2.75, 3.05) is 6.61 Å². The Hall–Kier alpha value is -2.87. The van der Waals surface area contributed by atoms with E-state index in [2.05, 4.69) is 52.5 Å². The van der Waals surface area contributed by atoms with Crippen molar-refractivity contribution in [3.05, 3.63) is 101 Å². The number of rotatable bonds is 8. The van der Waals surface area contributed by atoms with Gasteiger partial charge in [0.1, 0.15) is 6.61 Å². The highest BCUT2D eigenvalue weighted by molar-refractivity contribution is 5.89. The molecule has 2 nitrogen and oxygen atoms in total. The SMILES string of the molecule is C=Cc1ccc(C(=O)OCC=C(C)C=CC=C(C)C=CC2=C(C)CCCC2(C)C)cc1. The summed E-state index contributed by atoms with van der Waals surface area (Å²) in [5.41, 5.74) is 7.04. The number of allylic oxidation sites excluding steroid dienone is 9. The number of carbonyl (C=O) groups is 1. The average molecular weight is 417 g/mol. The number of esters is 1. The van der Waals surface area contributed by atoms with E-state index >= 15 is 0 Å². The molecule has 0 amide bonds. The topological polar surface area (TPSA) is 26.3 Å². The number of ether oxygens (including phenoxy) is 1. The van der Waals surface area contributed by atoms with Gasteiger partial charge in [0.25, 0.3) is 0 Å². The van der Waals surface area contributed by atoms with E-state index in [4.69, 9.17) is 4.74 Å². The van der Waals surface area contributed by atoms with E-state index in [-0.39, 0.29) is 18.0 Å². The summed E-state index contributed by atoms with van der Waals surface area (Å²) in [6, 6.07) is 7.21. The summed E-state index contributed by atoms with van der Waals surface area (Å²) in [6.07, 6.45) is 18.1. The van der Waals surface area contributed by atoms with Crippen LogP contribution in [-0.4, -0.2) is 12.6 Å². The van der Waals surface area contributed by atoms with Gasteiger partial charge in [0.05, 0.1) is 5.56 Å². The quantitative estimate of drug-likeness (QED) is 0.317. The van der Waals surface area contributed by atoms with Crippen molar-refractivity contribution in [1.29, 1.82) is 0 Å². The molecule has 2 heteroatoms. The van der Waals surface area contributed by atoms with Crippen LogP contribution >= 0.6 is 0 Å². The number of hydrogen-bond donors (Lipinski definition) is 0. The Morgan fingerprint density at radius 2 is 1.84 bits per heavy atom. The van der Waals surface area contributed by atoms with E-state index < -0.39 is 0 Å². The Balaban J connectivity index is 1.87. The lowest BCUT2D eigenvalue weighted by Crippen LogP contribution is -2.19. The van der Waals surface area contributed by atoms with Crippen molar-refractivity contribution < 1.29 is 9.53 Å². The van der Waals surface area contributed by atoms with Crippen LogP contribution in [0, 0.1) is 5.41 Å². The molecule has 164 valence electrons. The third-order valence-electron chi connectivity index (χ3n) is 5.78. The lowest BCUT2D eigenvalue weighted by atomic mass is 9.72. The normalized spacial score (nSPS) is 17.5. The van der Waals surface area contributed by atoms with Crippen molar-refractivity contribution in [3.63, 3.8) is 0 Å². The molecule has 0 fully saturated rings. The van der Waals surface area contributed by atoms with Crippen LogP contribution in [0.5, 0.6) is 0 Å². The smallest absolute Gasteiger partial charge is 0.338 e. The first-order valence-corrected chi connectivity index (χ1v) is 11.0. The Morgan fingerprint density at radius 1 is 1.13 bits per heavy atom. The van der Waals surface area contributed by atoms with Crippen LogP contribution in [0.3, 0.4) is 0 Å². The summed E-state index contributed by atoms with van der Waals surface area (Å²) in [4.78, 5) is 12.1. The zero-order chi connectivity index (χ0) is 22.9. The molecule has 31 heavy (non-hydrogen) atoms. The Morgan fingerprint density at radius 3 is 2.48 bits per heavy atom. The van der Waals surface area contributed by atoms with Gasteiger partial charge in [0.2, 0.25) is 0 Å². The summed E-state index contributed by atoms with van der Waals surface area (Å²) in [5, 5.41) is 0.